The number of benzene rings is 3. The number of unbranched alkanes of at least 4 members (excludes halogenated alkanes) is 2. The second-order valence-electron chi connectivity index (χ2n) is 12.5. The Labute approximate surface area is 259 Å². The smallest absolute Gasteiger partial charge is 0.343 e. The molecular formula is C36H42O8. The minimum atomic E-state index is -0.575. The van der Waals surface area contributed by atoms with Crippen LogP contribution in [-0.2, 0) is 42.4 Å². The number of esters is 2. The van der Waals surface area contributed by atoms with Gasteiger partial charge in [0, 0.05) is 0 Å². The summed E-state index contributed by atoms with van der Waals surface area (Å²) in [5.74, 6) is -0.627. The monoisotopic (exact) mass is 602 g/mol. The van der Waals surface area contributed by atoms with Crippen LogP contribution >= 0.6 is 0 Å². The molecule has 0 bridgehead atoms. The van der Waals surface area contributed by atoms with Crippen molar-refractivity contribution in [1.82, 2.24) is 0 Å². The highest BCUT2D eigenvalue weighted by atomic mass is 17.2. The van der Waals surface area contributed by atoms with E-state index in [0.717, 1.165) is 18.4 Å². The van der Waals surface area contributed by atoms with E-state index in [4.69, 9.17) is 28.7 Å². The van der Waals surface area contributed by atoms with Crippen LogP contribution in [0.3, 0.4) is 0 Å². The molecule has 5 rings (SSSR count). The summed E-state index contributed by atoms with van der Waals surface area (Å²) in [7, 11) is 0. The van der Waals surface area contributed by atoms with Crippen molar-refractivity contribution in [3.05, 3.63) is 101 Å². The van der Waals surface area contributed by atoms with E-state index in [1.54, 1.807) is 36.4 Å². The third-order valence-corrected chi connectivity index (χ3v) is 8.02. The number of rotatable bonds is 12. The lowest BCUT2D eigenvalue weighted by molar-refractivity contribution is -0.341. The molecule has 44 heavy (non-hydrogen) atoms. The first kappa shape index (κ1) is 31.9. The van der Waals surface area contributed by atoms with Gasteiger partial charge in [-0.1, -0.05) is 76.9 Å². The maximum absolute atomic E-state index is 12.9. The predicted molar refractivity (Wildman–Crippen MR) is 165 cm³/mol. The van der Waals surface area contributed by atoms with Crippen LogP contribution < -0.4 is 4.74 Å². The van der Waals surface area contributed by atoms with Crippen molar-refractivity contribution in [2.45, 2.75) is 89.8 Å². The third-order valence-electron chi connectivity index (χ3n) is 8.02. The van der Waals surface area contributed by atoms with Gasteiger partial charge in [0.1, 0.15) is 30.7 Å². The Hall–Kier alpha value is -3.56. The molecular weight excluding hydrogens is 560 g/mol. The van der Waals surface area contributed by atoms with Crippen molar-refractivity contribution in [2.75, 3.05) is 13.2 Å². The van der Waals surface area contributed by atoms with E-state index in [9.17, 15) is 9.59 Å². The average molecular weight is 603 g/mol. The standard InChI is InChI=1S/C36H42O8/c1-5-6-7-8-24-9-13-26(14-10-24)34(37)42-29-19-15-27(16-20-29)35(38)43-30-22-39-33-31(23-40-32(30)33)44-41-21-25-11-17-28(18-12-25)36(2,3)4/h9-20,30-33H,5-8,21-23H2,1-4H3/t30-,31+,32-,33-/m1/s1. The lowest BCUT2D eigenvalue weighted by atomic mass is 9.87. The molecule has 0 amide bonds. The molecule has 3 aromatic rings. The first-order valence-electron chi connectivity index (χ1n) is 15.4. The topological polar surface area (TPSA) is 89.5 Å². The van der Waals surface area contributed by atoms with Gasteiger partial charge in [-0.3, -0.25) is 0 Å². The lowest BCUT2D eigenvalue weighted by Gasteiger charge is -2.19. The van der Waals surface area contributed by atoms with E-state index >= 15 is 0 Å². The minimum Gasteiger partial charge on any atom is -0.453 e. The van der Waals surface area contributed by atoms with E-state index in [1.165, 1.54) is 24.0 Å². The number of hydrogen-bond acceptors (Lipinski definition) is 8. The van der Waals surface area contributed by atoms with Gasteiger partial charge >= 0.3 is 11.9 Å². The number of fused-ring (bicyclic) bond motifs is 1. The highest BCUT2D eigenvalue weighted by molar-refractivity contribution is 5.92. The van der Waals surface area contributed by atoms with Crippen LogP contribution in [-0.4, -0.2) is 49.6 Å². The number of carbonyl (C=O) groups is 2. The van der Waals surface area contributed by atoms with Gasteiger partial charge in [-0.05, 0) is 71.3 Å². The van der Waals surface area contributed by atoms with Crippen molar-refractivity contribution < 1.29 is 38.3 Å². The van der Waals surface area contributed by atoms with Gasteiger partial charge in [-0.25, -0.2) is 19.4 Å². The van der Waals surface area contributed by atoms with Crippen molar-refractivity contribution in [3.63, 3.8) is 0 Å². The van der Waals surface area contributed by atoms with Crippen LogP contribution in [0.1, 0.15) is 84.4 Å². The molecule has 0 spiro atoms. The zero-order chi connectivity index (χ0) is 31.1. The Morgan fingerprint density at radius 3 is 2.00 bits per heavy atom. The molecule has 2 aliphatic rings. The maximum atomic E-state index is 12.9. The molecule has 234 valence electrons. The number of hydrogen-bond donors (Lipinski definition) is 0. The Kier molecular flexibility index (Phi) is 10.5. The lowest BCUT2D eigenvalue weighted by Crippen LogP contribution is -2.35. The van der Waals surface area contributed by atoms with E-state index < -0.39 is 36.4 Å². The molecule has 2 heterocycles. The minimum absolute atomic E-state index is 0.0883. The fraction of sp³-hybridized carbons (Fsp3) is 0.444. The first-order valence-corrected chi connectivity index (χ1v) is 15.4. The fourth-order valence-corrected chi connectivity index (χ4v) is 5.32. The molecule has 8 nitrogen and oxygen atoms in total. The van der Waals surface area contributed by atoms with E-state index in [1.807, 2.05) is 24.3 Å². The first-order chi connectivity index (χ1) is 21.2. The van der Waals surface area contributed by atoms with Gasteiger partial charge in [0.25, 0.3) is 0 Å². The fourth-order valence-electron chi connectivity index (χ4n) is 5.32. The second kappa shape index (κ2) is 14.5. The average Bonchev–Trinajstić information content (AvgIpc) is 3.61. The summed E-state index contributed by atoms with van der Waals surface area (Å²) in [6.45, 7) is 9.47. The summed E-state index contributed by atoms with van der Waals surface area (Å²) in [4.78, 5) is 36.6. The normalized spacial score (nSPS) is 21.2. The van der Waals surface area contributed by atoms with Crippen molar-refractivity contribution >= 4 is 11.9 Å². The van der Waals surface area contributed by atoms with Gasteiger partial charge < -0.3 is 18.9 Å². The Bertz CT molecular complexity index is 1380. The molecule has 2 aliphatic heterocycles. The molecule has 0 aliphatic carbocycles. The molecule has 0 aromatic heterocycles. The summed E-state index contributed by atoms with van der Waals surface area (Å²) in [6.07, 6.45) is 2.64. The van der Waals surface area contributed by atoms with Crippen LogP contribution in [0.25, 0.3) is 0 Å². The van der Waals surface area contributed by atoms with Gasteiger partial charge in [-0.15, -0.1) is 0 Å². The maximum Gasteiger partial charge on any atom is 0.343 e. The third kappa shape index (κ3) is 8.12. The van der Waals surface area contributed by atoms with Gasteiger partial charge in [-0.2, -0.15) is 0 Å². The van der Waals surface area contributed by atoms with Crippen molar-refractivity contribution in [3.8, 4) is 5.75 Å². The molecule has 3 aromatic carbocycles. The summed E-state index contributed by atoms with van der Waals surface area (Å²) < 4.78 is 22.9. The van der Waals surface area contributed by atoms with Crippen LogP contribution in [0.2, 0.25) is 0 Å². The quantitative estimate of drug-likeness (QED) is 0.0737. The van der Waals surface area contributed by atoms with Crippen LogP contribution in [0, 0.1) is 0 Å². The van der Waals surface area contributed by atoms with E-state index in [-0.39, 0.29) is 18.6 Å². The van der Waals surface area contributed by atoms with Crippen LogP contribution in [0.5, 0.6) is 5.75 Å². The largest absolute Gasteiger partial charge is 0.453 e. The van der Waals surface area contributed by atoms with Crippen LogP contribution in [0.15, 0.2) is 72.8 Å². The SMILES string of the molecule is CCCCCc1ccc(C(=O)Oc2ccc(C(=O)O[C@@H]3CO[C@H]4[C@@H]3OC[C@@H]4OOCc3ccc(C(C)(C)C)cc3)cc2)cc1. The zero-order valence-electron chi connectivity index (χ0n) is 26.0. The molecule has 0 N–H and O–H groups in total. The second-order valence-corrected chi connectivity index (χ2v) is 12.5. The number of aryl methyl sites for hydroxylation is 1. The van der Waals surface area contributed by atoms with Crippen molar-refractivity contribution in [2.24, 2.45) is 0 Å². The number of ether oxygens (including phenoxy) is 4. The summed E-state index contributed by atoms with van der Waals surface area (Å²) in [5, 5.41) is 0. The molecule has 8 heteroatoms. The Morgan fingerprint density at radius 2 is 1.34 bits per heavy atom. The predicted octanol–water partition coefficient (Wildman–Crippen LogP) is 6.78. The van der Waals surface area contributed by atoms with E-state index in [2.05, 4.69) is 39.8 Å². The van der Waals surface area contributed by atoms with E-state index in [0.29, 0.717) is 23.5 Å². The Balaban J connectivity index is 1.06. The number of carbonyl (C=O) groups excluding carboxylic acids is 2. The molecule has 0 saturated carbocycles. The zero-order valence-corrected chi connectivity index (χ0v) is 26.0. The summed E-state index contributed by atoms with van der Waals surface area (Å²) in [6, 6.07) is 22.0. The van der Waals surface area contributed by atoms with Crippen LogP contribution in [0.4, 0.5) is 0 Å². The highest BCUT2D eigenvalue weighted by Gasteiger charge is 2.50. The van der Waals surface area contributed by atoms with Crippen molar-refractivity contribution in [1.29, 1.82) is 0 Å². The summed E-state index contributed by atoms with van der Waals surface area (Å²) in [5.41, 5.74) is 4.35. The summed E-state index contributed by atoms with van der Waals surface area (Å²) >= 11 is 0. The van der Waals surface area contributed by atoms with Gasteiger partial charge in [0.2, 0.25) is 0 Å². The molecule has 0 radical (unpaired) electrons. The highest BCUT2D eigenvalue weighted by Crippen LogP contribution is 2.31. The van der Waals surface area contributed by atoms with Gasteiger partial charge in [0.15, 0.2) is 6.10 Å². The molecule has 4 atom stereocenters. The van der Waals surface area contributed by atoms with Gasteiger partial charge in [0.05, 0.1) is 24.3 Å². The molecule has 2 saturated heterocycles. The molecule has 0 unspecified atom stereocenters. The molecule has 2 fully saturated rings. The Morgan fingerprint density at radius 1 is 0.750 bits per heavy atom.